The van der Waals surface area contributed by atoms with Crippen LogP contribution in [0.1, 0.15) is 11.1 Å². The van der Waals surface area contributed by atoms with Crippen molar-refractivity contribution in [3.05, 3.63) is 67.7 Å². The van der Waals surface area contributed by atoms with Gasteiger partial charge in [-0.15, -0.1) is 0 Å². The van der Waals surface area contributed by atoms with E-state index in [1.54, 1.807) is 18.2 Å². The number of nitrogens with zero attached hydrogens (tertiary/aromatic N) is 1. The summed E-state index contributed by atoms with van der Waals surface area (Å²) in [5.41, 5.74) is 1.24. The lowest BCUT2D eigenvalue weighted by Gasteiger charge is -2.12. The maximum atomic E-state index is 11.0. The van der Waals surface area contributed by atoms with Crippen LogP contribution in [0.2, 0.25) is 10.0 Å². The monoisotopic (exact) mass is 389 g/mol. The van der Waals surface area contributed by atoms with E-state index in [-0.39, 0.29) is 12.3 Å². The second-order valence-corrected chi connectivity index (χ2v) is 5.58. The standard InChI is InChI=1S/C14H10BrCl2NO3/c15-7-9-2-1-3-12(17)14(9)21-8-10-4-5-11(16)6-13(10)18(19)20/h1-6H,7-8H2. The van der Waals surface area contributed by atoms with E-state index in [1.165, 1.54) is 6.07 Å². The van der Waals surface area contributed by atoms with Gasteiger partial charge in [0.05, 0.1) is 15.5 Å². The molecule has 0 aliphatic rings. The number of para-hydroxylation sites is 1. The van der Waals surface area contributed by atoms with E-state index < -0.39 is 4.92 Å². The molecule has 110 valence electrons. The number of alkyl halides is 1. The molecule has 0 aliphatic heterocycles. The topological polar surface area (TPSA) is 52.4 Å². The summed E-state index contributed by atoms with van der Waals surface area (Å²) in [7, 11) is 0. The fraction of sp³-hybridized carbons (Fsp3) is 0.143. The Morgan fingerprint density at radius 3 is 2.62 bits per heavy atom. The van der Waals surface area contributed by atoms with Crippen molar-refractivity contribution in [2.75, 3.05) is 0 Å². The number of rotatable bonds is 5. The molecule has 2 rings (SSSR count). The predicted molar refractivity (Wildman–Crippen MR) is 86.5 cm³/mol. The maximum absolute atomic E-state index is 11.0. The van der Waals surface area contributed by atoms with Gasteiger partial charge in [0.1, 0.15) is 12.4 Å². The zero-order valence-electron chi connectivity index (χ0n) is 10.7. The third-order valence-corrected chi connectivity index (χ3v) is 3.95. The Kier molecular flexibility index (Phi) is 5.45. The molecule has 0 atom stereocenters. The van der Waals surface area contributed by atoms with E-state index >= 15 is 0 Å². The molecule has 0 bridgehead atoms. The van der Waals surface area contributed by atoms with E-state index in [4.69, 9.17) is 27.9 Å². The van der Waals surface area contributed by atoms with Crippen LogP contribution in [0.25, 0.3) is 0 Å². The summed E-state index contributed by atoms with van der Waals surface area (Å²) >= 11 is 15.2. The minimum absolute atomic E-state index is 0.0389. The van der Waals surface area contributed by atoms with Gasteiger partial charge in [0.15, 0.2) is 0 Å². The van der Waals surface area contributed by atoms with Crippen molar-refractivity contribution in [3.8, 4) is 5.75 Å². The summed E-state index contributed by atoms with van der Waals surface area (Å²) in [6, 6.07) is 9.86. The predicted octanol–water partition coefficient (Wildman–Crippen LogP) is 5.38. The SMILES string of the molecule is O=[N+]([O-])c1cc(Cl)ccc1COc1c(Cl)cccc1CBr. The molecule has 4 nitrogen and oxygen atoms in total. The Hall–Kier alpha value is -1.30. The molecule has 7 heteroatoms. The molecular formula is C14H10BrCl2NO3. The van der Waals surface area contributed by atoms with Crippen LogP contribution in [0.3, 0.4) is 0 Å². The summed E-state index contributed by atoms with van der Waals surface area (Å²) in [6.45, 7) is 0.0389. The molecule has 0 N–H and O–H groups in total. The first-order valence-corrected chi connectivity index (χ1v) is 7.79. The van der Waals surface area contributed by atoms with Gasteiger partial charge >= 0.3 is 0 Å². The smallest absolute Gasteiger partial charge is 0.277 e. The fourth-order valence-electron chi connectivity index (χ4n) is 1.80. The lowest BCUT2D eigenvalue weighted by atomic mass is 10.2. The van der Waals surface area contributed by atoms with Crippen LogP contribution in [0, 0.1) is 10.1 Å². The van der Waals surface area contributed by atoms with Crippen molar-refractivity contribution in [1.29, 1.82) is 0 Å². The van der Waals surface area contributed by atoms with Gasteiger partial charge in [-0.3, -0.25) is 10.1 Å². The lowest BCUT2D eigenvalue weighted by Crippen LogP contribution is -2.02. The zero-order chi connectivity index (χ0) is 15.4. The average Bonchev–Trinajstić information content (AvgIpc) is 2.46. The molecule has 0 saturated carbocycles. The van der Waals surface area contributed by atoms with Crippen molar-refractivity contribution in [2.45, 2.75) is 11.9 Å². The van der Waals surface area contributed by atoms with Crippen LogP contribution in [-0.4, -0.2) is 4.92 Å². The van der Waals surface area contributed by atoms with Crippen LogP contribution in [0.4, 0.5) is 5.69 Å². The summed E-state index contributed by atoms with van der Waals surface area (Å²) in [5, 5.41) is 12.4. The third-order valence-electron chi connectivity index (χ3n) is 2.81. The highest BCUT2D eigenvalue weighted by Crippen LogP contribution is 2.32. The van der Waals surface area contributed by atoms with Crippen molar-refractivity contribution < 1.29 is 9.66 Å². The molecule has 21 heavy (non-hydrogen) atoms. The summed E-state index contributed by atoms with van der Waals surface area (Å²) in [5.74, 6) is 0.514. The molecule has 0 fully saturated rings. The van der Waals surface area contributed by atoms with Crippen LogP contribution >= 0.6 is 39.1 Å². The largest absolute Gasteiger partial charge is 0.487 e. The molecule has 2 aromatic carbocycles. The van der Waals surface area contributed by atoms with Gasteiger partial charge in [0, 0.05) is 22.0 Å². The minimum Gasteiger partial charge on any atom is -0.487 e. The molecular weight excluding hydrogens is 381 g/mol. The number of ether oxygens (including phenoxy) is 1. The fourth-order valence-corrected chi connectivity index (χ4v) is 2.66. The summed E-state index contributed by atoms with van der Waals surface area (Å²) in [4.78, 5) is 10.5. The van der Waals surface area contributed by atoms with Gasteiger partial charge in [0.25, 0.3) is 5.69 Å². The molecule has 0 unspecified atom stereocenters. The zero-order valence-corrected chi connectivity index (χ0v) is 13.8. The van der Waals surface area contributed by atoms with E-state index in [0.29, 0.717) is 26.7 Å². The van der Waals surface area contributed by atoms with Gasteiger partial charge in [-0.05, 0) is 18.2 Å². The number of halogens is 3. The number of hydrogen-bond acceptors (Lipinski definition) is 3. The molecule has 2 aromatic rings. The summed E-state index contributed by atoms with van der Waals surface area (Å²) < 4.78 is 5.67. The second kappa shape index (κ2) is 7.11. The molecule has 0 aromatic heterocycles. The van der Waals surface area contributed by atoms with Crippen molar-refractivity contribution in [3.63, 3.8) is 0 Å². The Bertz CT molecular complexity index is 679. The van der Waals surface area contributed by atoms with Gasteiger partial charge in [-0.1, -0.05) is 51.3 Å². The summed E-state index contributed by atoms with van der Waals surface area (Å²) in [6.07, 6.45) is 0. The van der Waals surface area contributed by atoms with Crippen LogP contribution in [0.15, 0.2) is 36.4 Å². The number of nitro groups is 1. The van der Waals surface area contributed by atoms with Crippen molar-refractivity contribution in [2.24, 2.45) is 0 Å². The first kappa shape index (κ1) is 16.1. The molecule has 0 amide bonds. The normalized spacial score (nSPS) is 10.4. The molecule has 0 spiro atoms. The van der Waals surface area contributed by atoms with Crippen molar-refractivity contribution >= 4 is 44.8 Å². The molecule has 0 heterocycles. The molecule has 0 radical (unpaired) electrons. The Morgan fingerprint density at radius 2 is 1.95 bits per heavy atom. The number of nitro benzene ring substituents is 1. The van der Waals surface area contributed by atoms with Gasteiger partial charge in [-0.25, -0.2) is 0 Å². The highest BCUT2D eigenvalue weighted by molar-refractivity contribution is 9.08. The van der Waals surface area contributed by atoms with E-state index in [0.717, 1.165) is 5.56 Å². The van der Waals surface area contributed by atoms with Gasteiger partial charge in [0.2, 0.25) is 0 Å². The average molecular weight is 391 g/mol. The van der Waals surface area contributed by atoms with Crippen LogP contribution < -0.4 is 4.74 Å². The van der Waals surface area contributed by atoms with Gasteiger partial charge in [-0.2, -0.15) is 0 Å². The van der Waals surface area contributed by atoms with E-state index in [1.807, 2.05) is 12.1 Å². The Balaban J connectivity index is 2.27. The maximum Gasteiger partial charge on any atom is 0.277 e. The van der Waals surface area contributed by atoms with Crippen molar-refractivity contribution in [1.82, 2.24) is 0 Å². The van der Waals surface area contributed by atoms with Crippen LogP contribution in [0.5, 0.6) is 5.75 Å². The highest BCUT2D eigenvalue weighted by Gasteiger charge is 2.16. The number of benzene rings is 2. The Morgan fingerprint density at radius 1 is 1.19 bits per heavy atom. The Labute approximate surface area is 139 Å². The van der Waals surface area contributed by atoms with E-state index in [2.05, 4.69) is 15.9 Å². The molecule has 0 aliphatic carbocycles. The minimum atomic E-state index is -0.484. The second-order valence-electron chi connectivity index (χ2n) is 4.18. The number of hydrogen-bond donors (Lipinski definition) is 0. The first-order valence-electron chi connectivity index (χ1n) is 5.92. The third kappa shape index (κ3) is 3.87. The van der Waals surface area contributed by atoms with Gasteiger partial charge < -0.3 is 4.74 Å². The highest BCUT2D eigenvalue weighted by atomic mass is 79.9. The first-order chi connectivity index (χ1) is 10.0. The quantitative estimate of drug-likeness (QED) is 0.391. The van der Waals surface area contributed by atoms with E-state index in [9.17, 15) is 10.1 Å². The lowest BCUT2D eigenvalue weighted by molar-refractivity contribution is -0.385. The molecule has 0 saturated heterocycles. The van der Waals surface area contributed by atoms with Crippen LogP contribution in [-0.2, 0) is 11.9 Å².